The largest absolute Gasteiger partial charge is 0.504 e. The van der Waals surface area contributed by atoms with Crippen LogP contribution < -0.4 is 0 Å². The molecule has 4 nitrogen and oxygen atoms in total. The maximum atomic E-state index is 12.7. The summed E-state index contributed by atoms with van der Waals surface area (Å²) in [6.07, 6.45) is 10.7. The van der Waals surface area contributed by atoms with E-state index in [4.69, 9.17) is 0 Å². The third kappa shape index (κ3) is 6.40. The Morgan fingerprint density at radius 1 is 0.741 bits per heavy atom. The van der Waals surface area contributed by atoms with Gasteiger partial charge in [0.05, 0.1) is 0 Å². The third-order valence-corrected chi connectivity index (χ3v) is 5.14. The second-order valence-electron chi connectivity index (χ2n) is 7.24. The van der Waals surface area contributed by atoms with Crippen LogP contribution in [0.3, 0.4) is 0 Å². The van der Waals surface area contributed by atoms with Crippen molar-refractivity contribution in [3.8, 4) is 11.5 Å². The Kier molecular flexibility index (Phi) is 10.8. The molecule has 0 unspecified atom stereocenters. The van der Waals surface area contributed by atoms with Gasteiger partial charge in [0.25, 0.3) is 0 Å². The SMILES string of the molecule is CCCCCc1c(O)c(O)c(C(=O)OF)c(CCCCC)c1CCCCC. The van der Waals surface area contributed by atoms with E-state index in [-0.39, 0.29) is 11.3 Å². The molecule has 0 saturated carbocycles. The fourth-order valence-electron chi connectivity index (χ4n) is 3.64. The highest BCUT2D eigenvalue weighted by molar-refractivity contribution is 5.95. The molecule has 0 saturated heterocycles. The van der Waals surface area contributed by atoms with Gasteiger partial charge < -0.3 is 10.2 Å². The monoisotopic (exact) mass is 382 g/mol. The van der Waals surface area contributed by atoms with E-state index in [2.05, 4.69) is 25.7 Å². The van der Waals surface area contributed by atoms with Gasteiger partial charge >= 0.3 is 5.97 Å². The number of phenolic OH excluding ortho intramolecular Hbond substituents is 2. The summed E-state index contributed by atoms with van der Waals surface area (Å²) in [5, 5.41) is 21.0. The summed E-state index contributed by atoms with van der Waals surface area (Å²) >= 11 is 0. The number of carbonyl (C=O) groups is 1. The highest BCUT2D eigenvalue weighted by atomic mass is 19.3. The molecule has 0 aliphatic carbocycles. The van der Waals surface area contributed by atoms with Gasteiger partial charge in [0.2, 0.25) is 0 Å². The predicted molar refractivity (Wildman–Crippen MR) is 106 cm³/mol. The molecule has 0 fully saturated rings. The van der Waals surface area contributed by atoms with Crippen molar-refractivity contribution in [3.63, 3.8) is 0 Å². The zero-order valence-electron chi connectivity index (χ0n) is 17.1. The Balaban J connectivity index is 3.47. The Morgan fingerprint density at radius 2 is 1.19 bits per heavy atom. The molecule has 0 heterocycles. The van der Waals surface area contributed by atoms with Crippen LogP contribution in [-0.4, -0.2) is 16.2 Å². The molecular formula is C22H35FO4. The number of carbonyl (C=O) groups excluding carboxylic acids is 1. The van der Waals surface area contributed by atoms with E-state index in [1.54, 1.807) is 0 Å². The van der Waals surface area contributed by atoms with Crippen LogP contribution in [0.1, 0.15) is 106 Å². The van der Waals surface area contributed by atoms with Crippen LogP contribution in [0.15, 0.2) is 0 Å². The van der Waals surface area contributed by atoms with Crippen LogP contribution in [0.4, 0.5) is 4.53 Å². The second-order valence-corrected chi connectivity index (χ2v) is 7.24. The lowest BCUT2D eigenvalue weighted by atomic mass is 9.86. The fraction of sp³-hybridized carbons (Fsp3) is 0.682. The van der Waals surface area contributed by atoms with E-state index in [9.17, 15) is 19.5 Å². The molecule has 154 valence electrons. The molecule has 0 spiro atoms. The number of benzene rings is 1. The summed E-state index contributed by atoms with van der Waals surface area (Å²) in [6.45, 7) is 6.31. The highest BCUT2D eigenvalue weighted by Gasteiger charge is 2.28. The van der Waals surface area contributed by atoms with Gasteiger partial charge in [-0.05, 0) is 49.7 Å². The van der Waals surface area contributed by atoms with Crippen LogP contribution in [0.5, 0.6) is 11.5 Å². The van der Waals surface area contributed by atoms with Crippen LogP contribution in [0.2, 0.25) is 0 Å². The van der Waals surface area contributed by atoms with Crippen molar-refractivity contribution in [1.29, 1.82) is 0 Å². The number of unbranched alkanes of at least 4 members (excludes halogenated alkanes) is 6. The Hall–Kier alpha value is -1.78. The first-order valence-corrected chi connectivity index (χ1v) is 10.4. The molecule has 0 bridgehead atoms. The lowest BCUT2D eigenvalue weighted by Gasteiger charge is -2.21. The first kappa shape index (κ1) is 23.3. The Morgan fingerprint density at radius 3 is 1.63 bits per heavy atom. The zero-order valence-corrected chi connectivity index (χ0v) is 17.1. The van der Waals surface area contributed by atoms with E-state index in [1.165, 1.54) is 0 Å². The van der Waals surface area contributed by atoms with E-state index in [0.717, 1.165) is 63.4 Å². The topological polar surface area (TPSA) is 66.8 Å². The summed E-state index contributed by atoms with van der Waals surface area (Å²) in [7, 11) is 0. The molecule has 0 amide bonds. The first-order chi connectivity index (χ1) is 13.0. The molecule has 1 aromatic rings. The normalized spacial score (nSPS) is 11.0. The Labute approximate surface area is 162 Å². The summed E-state index contributed by atoms with van der Waals surface area (Å²) in [5.41, 5.74) is 2.03. The summed E-state index contributed by atoms with van der Waals surface area (Å²) in [5.74, 6) is -2.07. The summed E-state index contributed by atoms with van der Waals surface area (Å²) in [4.78, 5) is 15.5. The lowest BCUT2D eigenvalue weighted by Crippen LogP contribution is -2.12. The van der Waals surface area contributed by atoms with Crippen molar-refractivity contribution in [2.24, 2.45) is 0 Å². The average molecular weight is 383 g/mol. The minimum atomic E-state index is -1.23. The number of rotatable bonds is 13. The van der Waals surface area contributed by atoms with E-state index < -0.39 is 11.7 Å². The van der Waals surface area contributed by atoms with E-state index in [0.29, 0.717) is 30.4 Å². The van der Waals surface area contributed by atoms with Crippen molar-refractivity contribution in [2.75, 3.05) is 0 Å². The standard InChI is InChI=1S/C22H35FO4/c1-4-7-10-13-16-17(14-11-8-5-2)19(22(26)27-23)21(25)20(24)18(16)15-12-9-6-3/h24-25H,4-15H2,1-3H3. The first-order valence-electron chi connectivity index (χ1n) is 10.4. The number of hydrogen-bond acceptors (Lipinski definition) is 4. The smallest absolute Gasteiger partial charge is 0.383 e. The van der Waals surface area contributed by atoms with Gasteiger partial charge in [-0.3, -0.25) is 0 Å². The van der Waals surface area contributed by atoms with Gasteiger partial charge in [0, 0.05) is 10.1 Å². The quantitative estimate of drug-likeness (QED) is 0.309. The molecule has 0 radical (unpaired) electrons. The molecule has 0 aromatic heterocycles. The number of hydrogen-bond donors (Lipinski definition) is 2. The molecule has 0 atom stereocenters. The number of halogens is 1. The highest BCUT2D eigenvalue weighted by Crippen LogP contribution is 2.41. The minimum absolute atomic E-state index is 0.211. The van der Waals surface area contributed by atoms with Gasteiger partial charge in [-0.2, -0.15) is 0 Å². The van der Waals surface area contributed by atoms with Gasteiger partial charge in [0.1, 0.15) is 5.56 Å². The predicted octanol–water partition coefficient (Wildman–Crippen LogP) is 6.34. The van der Waals surface area contributed by atoms with Crippen LogP contribution >= 0.6 is 0 Å². The van der Waals surface area contributed by atoms with Gasteiger partial charge in [-0.1, -0.05) is 59.3 Å². The zero-order chi connectivity index (χ0) is 20.2. The lowest BCUT2D eigenvalue weighted by molar-refractivity contribution is -0.0791. The van der Waals surface area contributed by atoms with E-state index in [1.807, 2.05) is 0 Å². The molecule has 5 heteroatoms. The molecule has 1 rings (SSSR count). The maximum Gasteiger partial charge on any atom is 0.383 e. The van der Waals surface area contributed by atoms with Crippen molar-refractivity contribution < 1.29 is 24.5 Å². The summed E-state index contributed by atoms with van der Waals surface area (Å²) < 4.78 is 12.7. The second kappa shape index (κ2) is 12.6. The Bertz CT molecular complexity index is 599. The van der Waals surface area contributed by atoms with Crippen molar-refractivity contribution in [3.05, 3.63) is 22.3 Å². The fourth-order valence-corrected chi connectivity index (χ4v) is 3.64. The number of aromatic hydroxyl groups is 2. The van der Waals surface area contributed by atoms with Crippen molar-refractivity contribution in [2.45, 2.75) is 97.8 Å². The van der Waals surface area contributed by atoms with Crippen LogP contribution in [0, 0.1) is 0 Å². The molecule has 2 N–H and O–H groups in total. The van der Waals surface area contributed by atoms with Gasteiger partial charge in [0.15, 0.2) is 11.5 Å². The van der Waals surface area contributed by atoms with Crippen LogP contribution in [-0.2, 0) is 24.2 Å². The van der Waals surface area contributed by atoms with E-state index >= 15 is 0 Å². The van der Waals surface area contributed by atoms with Crippen molar-refractivity contribution in [1.82, 2.24) is 0 Å². The maximum absolute atomic E-state index is 12.7. The molecule has 0 aliphatic heterocycles. The molecule has 27 heavy (non-hydrogen) atoms. The van der Waals surface area contributed by atoms with Crippen molar-refractivity contribution >= 4 is 5.97 Å². The van der Waals surface area contributed by atoms with Gasteiger partial charge in [-0.15, -0.1) is 0 Å². The summed E-state index contributed by atoms with van der Waals surface area (Å²) in [6, 6.07) is 0. The molecule has 1 aromatic carbocycles. The third-order valence-electron chi connectivity index (χ3n) is 5.14. The molecular weight excluding hydrogens is 347 g/mol. The van der Waals surface area contributed by atoms with Gasteiger partial charge in [-0.25, -0.2) is 9.74 Å². The molecule has 0 aliphatic rings. The average Bonchev–Trinajstić information content (AvgIpc) is 2.67. The minimum Gasteiger partial charge on any atom is -0.504 e. The number of phenols is 2. The van der Waals surface area contributed by atoms with Crippen LogP contribution in [0.25, 0.3) is 0 Å².